The van der Waals surface area contributed by atoms with Crippen molar-refractivity contribution in [2.75, 3.05) is 13.1 Å². The molecule has 28 heavy (non-hydrogen) atoms. The molecular formula is C22H22FN3O2. The molecule has 0 fully saturated rings. The molecule has 5 nitrogen and oxygen atoms in total. The molecule has 0 unspecified atom stereocenters. The Morgan fingerprint density at radius 2 is 1.46 bits per heavy atom. The summed E-state index contributed by atoms with van der Waals surface area (Å²) in [6.45, 7) is 5.06. The van der Waals surface area contributed by atoms with Crippen LogP contribution in [0.1, 0.15) is 51.3 Å². The number of nitrogens with one attached hydrogen (secondary N) is 2. The van der Waals surface area contributed by atoms with E-state index < -0.39 is 5.41 Å². The summed E-state index contributed by atoms with van der Waals surface area (Å²) in [6, 6.07) is 12.2. The van der Waals surface area contributed by atoms with Crippen LogP contribution in [-0.4, -0.2) is 24.9 Å². The van der Waals surface area contributed by atoms with Crippen LogP contribution in [0.5, 0.6) is 0 Å². The molecule has 0 saturated carbocycles. The fourth-order valence-electron chi connectivity index (χ4n) is 3.28. The van der Waals surface area contributed by atoms with Gasteiger partial charge in [-0.05, 0) is 67.6 Å². The predicted molar refractivity (Wildman–Crippen MR) is 104 cm³/mol. The smallest absolute Gasteiger partial charge is 0.251 e. The first-order valence-corrected chi connectivity index (χ1v) is 9.21. The lowest BCUT2D eigenvalue weighted by Crippen LogP contribution is -2.32. The third-order valence-electron chi connectivity index (χ3n) is 5.02. The van der Waals surface area contributed by atoms with Gasteiger partial charge in [0.2, 0.25) is 0 Å². The van der Waals surface area contributed by atoms with Crippen molar-refractivity contribution in [2.45, 2.75) is 32.1 Å². The summed E-state index contributed by atoms with van der Waals surface area (Å²) < 4.78 is 12.7. The van der Waals surface area contributed by atoms with Crippen LogP contribution in [0.3, 0.4) is 0 Å². The summed E-state index contributed by atoms with van der Waals surface area (Å²) in [5.74, 6) is -0.387. The van der Waals surface area contributed by atoms with Crippen LogP contribution >= 0.6 is 0 Å². The molecule has 0 atom stereocenters. The Bertz CT molecular complexity index is 976. The first-order chi connectivity index (χ1) is 13.3. The zero-order chi connectivity index (χ0) is 20.3. The summed E-state index contributed by atoms with van der Waals surface area (Å²) in [4.78, 5) is 22.7. The SMILES string of the molecule is CC(C)(C#N)c1ccc2c(c1)CCNC2=O.O=C1NCCc2cc(F)ccc21. The van der Waals surface area contributed by atoms with Crippen LogP contribution in [0.4, 0.5) is 4.39 Å². The molecule has 2 aliphatic heterocycles. The number of rotatable bonds is 1. The average molecular weight is 379 g/mol. The number of nitrogens with zero attached hydrogens (tertiary/aromatic N) is 1. The highest BCUT2D eigenvalue weighted by Gasteiger charge is 2.23. The summed E-state index contributed by atoms with van der Waals surface area (Å²) in [5.41, 5.74) is 3.67. The quantitative estimate of drug-likeness (QED) is 0.799. The normalized spacial score (nSPS) is 15.1. The van der Waals surface area contributed by atoms with Crippen molar-refractivity contribution in [1.82, 2.24) is 10.6 Å². The fourth-order valence-corrected chi connectivity index (χ4v) is 3.28. The minimum atomic E-state index is -0.497. The van der Waals surface area contributed by atoms with Gasteiger partial charge in [-0.25, -0.2) is 4.39 Å². The van der Waals surface area contributed by atoms with Crippen LogP contribution in [-0.2, 0) is 18.3 Å². The van der Waals surface area contributed by atoms with Gasteiger partial charge in [0.1, 0.15) is 5.82 Å². The summed E-state index contributed by atoms with van der Waals surface area (Å²) in [5, 5.41) is 14.6. The van der Waals surface area contributed by atoms with Gasteiger partial charge in [-0.2, -0.15) is 5.26 Å². The van der Waals surface area contributed by atoms with Gasteiger partial charge in [0.25, 0.3) is 11.8 Å². The zero-order valence-electron chi connectivity index (χ0n) is 15.9. The van der Waals surface area contributed by atoms with E-state index >= 15 is 0 Å². The molecule has 0 aromatic heterocycles. The van der Waals surface area contributed by atoms with E-state index in [9.17, 15) is 14.0 Å². The monoisotopic (exact) mass is 379 g/mol. The molecule has 0 spiro atoms. The zero-order valence-corrected chi connectivity index (χ0v) is 15.9. The van der Waals surface area contributed by atoms with Gasteiger partial charge in [0.15, 0.2) is 0 Å². The van der Waals surface area contributed by atoms with Crippen molar-refractivity contribution in [3.8, 4) is 6.07 Å². The predicted octanol–water partition coefficient (Wildman–Crippen LogP) is 2.89. The fraction of sp³-hybridized carbons (Fsp3) is 0.318. The molecule has 2 amide bonds. The van der Waals surface area contributed by atoms with E-state index in [0.717, 1.165) is 35.1 Å². The number of amides is 2. The molecule has 2 aromatic carbocycles. The number of fused-ring (bicyclic) bond motifs is 2. The first-order valence-electron chi connectivity index (χ1n) is 9.21. The van der Waals surface area contributed by atoms with E-state index in [1.165, 1.54) is 18.2 Å². The summed E-state index contributed by atoms with van der Waals surface area (Å²) in [6.07, 6.45) is 1.56. The minimum Gasteiger partial charge on any atom is -0.352 e. The van der Waals surface area contributed by atoms with E-state index in [0.29, 0.717) is 18.7 Å². The van der Waals surface area contributed by atoms with Gasteiger partial charge in [0, 0.05) is 24.2 Å². The van der Waals surface area contributed by atoms with Gasteiger partial charge >= 0.3 is 0 Å². The van der Waals surface area contributed by atoms with Crippen LogP contribution in [0.15, 0.2) is 36.4 Å². The van der Waals surface area contributed by atoms with Crippen LogP contribution in [0, 0.1) is 17.1 Å². The van der Waals surface area contributed by atoms with Crippen LogP contribution < -0.4 is 10.6 Å². The average Bonchev–Trinajstić information content (AvgIpc) is 2.68. The lowest BCUT2D eigenvalue weighted by Gasteiger charge is -2.21. The number of benzene rings is 2. The number of hydrogen-bond donors (Lipinski definition) is 2. The standard InChI is InChI=1S/C13H14N2O.C9H8FNO/c1-13(2,8-14)10-3-4-11-9(7-10)5-6-15-12(11)16;10-7-1-2-8-6(5-7)3-4-11-9(8)12/h3-4,7H,5-6H2,1-2H3,(H,15,16);1-2,5H,3-4H2,(H,11,12). The maximum absolute atomic E-state index is 12.7. The molecule has 2 aromatic rings. The van der Waals surface area contributed by atoms with Crippen LogP contribution in [0.2, 0.25) is 0 Å². The Labute approximate surface area is 163 Å². The topological polar surface area (TPSA) is 82.0 Å². The number of nitriles is 1. The number of hydrogen-bond acceptors (Lipinski definition) is 3. The van der Waals surface area contributed by atoms with Crippen molar-refractivity contribution in [3.05, 3.63) is 70.0 Å². The molecule has 0 aliphatic carbocycles. The lowest BCUT2D eigenvalue weighted by atomic mass is 9.83. The van der Waals surface area contributed by atoms with Gasteiger partial charge < -0.3 is 10.6 Å². The first kappa shape index (κ1) is 19.6. The van der Waals surface area contributed by atoms with Gasteiger partial charge in [-0.1, -0.05) is 12.1 Å². The molecule has 0 bridgehead atoms. The van der Waals surface area contributed by atoms with Crippen molar-refractivity contribution < 1.29 is 14.0 Å². The van der Waals surface area contributed by atoms with Gasteiger partial charge in [0.05, 0.1) is 11.5 Å². The molecule has 2 heterocycles. The Hall–Kier alpha value is -3.20. The Kier molecular flexibility index (Phi) is 5.46. The molecule has 6 heteroatoms. The van der Waals surface area contributed by atoms with E-state index in [2.05, 4.69) is 16.7 Å². The van der Waals surface area contributed by atoms with E-state index in [1.54, 1.807) is 0 Å². The van der Waals surface area contributed by atoms with Gasteiger partial charge in [-0.15, -0.1) is 0 Å². The third-order valence-corrected chi connectivity index (χ3v) is 5.02. The second-order valence-corrected chi connectivity index (χ2v) is 7.42. The Morgan fingerprint density at radius 1 is 0.929 bits per heavy atom. The Morgan fingerprint density at radius 3 is 2.04 bits per heavy atom. The molecule has 144 valence electrons. The molecule has 2 N–H and O–H groups in total. The van der Waals surface area contributed by atoms with Crippen LogP contribution in [0.25, 0.3) is 0 Å². The van der Waals surface area contributed by atoms with Gasteiger partial charge in [-0.3, -0.25) is 9.59 Å². The molecular weight excluding hydrogens is 357 g/mol. The lowest BCUT2D eigenvalue weighted by molar-refractivity contribution is 0.0937. The number of carbonyl (C=O) groups is 2. The third kappa shape index (κ3) is 4.04. The Balaban J connectivity index is 0.000000167. The molecule has 2 aliphatic rings. The van der Waals surface area contributed by atoms with E-state index in [1.807, 2.05) is 32.0 Å². The maximum atomic E-state index is 12.7. The van der Waals surface area contributed by atoms with Crippen molar-refractivity contribution >= 4 is 11.8 Å². The second kappa shape index (κ2) is 7.81. The van der Waals surface area contributed by atoms with Crippen molar-refractivity contribution in [1.29, 1.82) is 5.26 Å². The highest BCUT2D eigenvalue weighted by atomic mass is 19.1. The largest absolute Gasteiger partial charge is 0.352 e. The highest BCUT2D eigenvalue weighted by molar-refractivity contribution is 5.97. The molecule has 0 radical (unpaired) electrons. The van der Waals surface area contributed by atoms with E-state index in [-0.39, 0.29) is 17.6 Å². The second-order valence-electron chi connectivity index (χ2n) is 7.42. The minimum absolute atomic E-state index is 0.0115. The maximum Gasteiger partial charge on any atom is 0.251 e. The van der Waals surface area contributed by atoms with Crippen molar-refractivity contribution in [2.24, 2.45) is 0 Å². The number of halogens is 1. The summed E-state index contributed by atoms with van der Waals surface area (Å²) in [7, 11) is 0. The highest BCUT2D eigenvalue weighted by Crippen LogP contribution is 2.25. The molecule has 4 rings (SSSR count). The van der Waals surface area contributed by atoms with E-state index in [4.69, 9.17) is 5.26 Å². The number of carbonyl (C=O) groups excluding carboxylic acids is 2. The molecule has 0 saturated heterocycles. The summed E-state index contributed by atoms with van der Waals surface area (Å²) >= 11 is 0. The van der Waals surface area contributed by atoms with Crippen molar-refractivity contribution in [3.63, 3.8) is 0 Å².